The number of benzene rings is 2. The molecule has 3 aromatic rings. The molecule has 0 radical (unpaired) electrons. The lowest BCUT2D eigenvalue weighted by Gasteiger charge is -2.18. The van der Waals surface area contributed by atoms with Gasteiger partial charge in [-0.15, -0.1) is 11.3 Å². The van der Waals surface area contributed by atoms with Gasteiger partial charge in [0.2, 0.25) is 6.10 Å². The molecule has 1 heterocycles. The maximum atomic E-state index is 14.2. The van der Waals surface area contributed by atoms with Crippen LogP contribution in [0.1, 0.15) is 26.9 Å². The SMILES string of the molecule is O=C(O[C@@H](C(=O)NCCc1ccccc1)c1ccccc1F)c1cccs1. The molecule has 1 aromatic heterocycles. The number of thiophene rings is 1. The van der Waals surface area contributed by atoms with Crippen molar-refractivity contribution >= 4 is 23.2 Å². The standard InChI is InChI=1S/C21H18FNO3S/c22-17-10-5-4-9-16(17)19(26-21(25)18-11-6-14-27-18)20(24)23-13-12-15-7-2-1-3-8-15/h1-11,14,19H,12-13H2,(H,23,24)/t19-/m1/s1. The lowest BCUT2D eigenvalue weighted by Crippen LogP contribution is -2.34. The summed E-state index contributed by atoms with van der Waals surface area (Å²) in [4.78, 5) is 25.3. The number of rotatable bonds is 7. The number of nitrogens with one attached hydrogen (secondary N) is 1. The minimum absolute atomic E-state index is 0.0274. The van der Waals surface area contributed by atoms with Crippen LogP contribution in [0.25, 0.3) is 0 Å². The zero-order valence-electron chi connectivity index (χ0n) is 14.4. The number of halogens is 1. The number of hydrogen-bond acceptors (Lipinski definition) is 4. The van der Waals surface area contributed by atoms with Crippen LogP contribution in [0.3, 0.4) is 0 Å². The van der Waals surface area contributed by atoms with E-state index < -0.39 is 23.8 Å². The van der Waals surface area contributed by atoms with Crippen LogP contribution in [-0.2, 0) is 16.0 Å². The molecule has 0 saturated carbocycles. The van der Waals surface area contributed by atoms with Gasteiger partial charge in [0, 0.05) is 12.1 Å². The fraction of sp³-hybridized carbons (Fsp3) is 0.143. The van der Waals surface area contributed by atoms with E-state index in [2.05, 4.69) is 5.32 Å². The summed E-state index contributed by atoms with van der Waals surface area (Å²) in [5.74, 6) is -1.81. The lowest BCUT2D eigenvalue weighted by atomic mass is 10.1. The first-order valence-electron chi connectivity index (χ1n) is 8.45. The van der Waals surface area contributed by atoms with E-state index in [0.29, 0.717) is 17.8 Å². The summed E-state index contributed by atoms with van der Waals surface area (Å²) in [7, 11) is 0. The monoisotopic (exact) mass is 383 g/mol. The Hall–Kier alpha value is -2.99. The van der Waals surface area contributed by atoms with Gasteiger partial charge in [-0.1, -0.05) is 54.6 Å². The van der Waals surface area contributed by atoms with Gasteiger partial charge in [0.25, 0.3) is 5.91 Å². The first-order chi connectivity index (χ1) is 13.1. The van der Waals surface area contributed by atoms with Gasteiger partial charge in [-0.05, 0) is 29.5 Å². The number of ether oxygens (including phenoxy) is 1. The van der Waals surface area contributed by atoms with E-state index in [1.165, 1.54) is 29.5 Å². The quantitative estimate of drug-likeness (QED) is 0.624. The Morgan fingerprint density at radius 3 is 2.44 bits per heavy atom. The first-order valence-corrected chi connectivity index (χ1v) is 9.33. The van der Waals surface area contributed by atoms with Crippen molar-refractivity contribution in [3.05, 3.63) is 93.9 Å². The van der Waals surface area contributed by atoms with Crippen LogP contribution in [0, 0.1) is 5.82 Å². The van der Waals surface area contributed by atoms with Crippen molar-refractivity contribution in [2.75, 3.05) is 6.54 Å². The molecule has 6 heteroatoms. The summed E-state index contributed by atoms with van der Waals surface area (Å²) >= 11 is 1.20. The second-order valence-electron chi connectivity index (χ2n) is 5.81. The predicted molar refractivity (Wildman–Crippen MR) is 102 cm³/mol. The zero-order valence-corrected chi connectivity index (χ0v) is 15.2. The number of carbonyl (C=O) groups is 2. The van der Waals surface area contributed by atoms with Gasteiger partial charge in [-0.25, -0.2) is 9.18 Å². The minimum atomic E-state index is -1.35. The third-order valence-corrected chi connectivity index (χ3v) is 4.78. The highest BCUT2D eigenvalue weighted by Gasteiger charge is 2.28. The number of carbonyl (C=O) groups excluding carboxylic acids is 2. The molecule has 27 heavy (non-hydrogen) atoms. The summed E-state index contributed by atoms with van der Waals surface area (Å²) in [5, 5.41) is 4.46. The third-order valence-electron chi connectivity index (χ3n) is 3.93. The van der Waals surface area contributed by atoms with Gasteiger partial charge < -0.3 is 10.1 Å². The second kappa shape index (κ2) is 9.09. The molecule has 1 atom stereocenters. The van der Waals surface area contributed by atoms with Crippen LogP contribution < -0.4 is 5.32 Å². The third kappa shape index (κ3) is 5.01. The normalized spacial score (nSPS) is 11.6. The Bertz CT molecular complexity index is 897. The Morgan fingerprint density at radius 1 is 1.00 bits per heavy atom. The molecule has 0 fully saturated rings. The Labute approximate surface area is 160 Å². The van der Waals surface area contributed by atoms with Crippen molar-refractivity contribution in [3.63, 3.8) is 0 Å². The molecule has 4 nitrogen and oxygen atoms in total. The van der Waals surface area contributed by atoms with Crippen LogP contribution >= 0.6 is 11.3 Å². The van der Waals surface area contributed by atoms with Gasteiger partial charge in [0.15, 0.2) is 0 Å². The zero-order chi connectivity index (χ0) is 19.1. The highest BCUT2D eigenvalue weighted by atomic mass is 32.1. The van der Waals surface area contributed by atoms with Gasteiger partial charge in [-0.2, -0.15) is 0 Å². The topological polar surface area (TPSA) is 55.4 Å². The summed E-state index contributed by atoms with van der Waals surface area (Å²) in [6, 6.07) is 18.8. The second-order valence-corrected chi connectivity index (χ2v) is 6.76. The first kappa shape index (κ1) is 18.8. The van der Waals surface area contributed by atoms with Crippen molar-refractivity contribution in [3.8, 4) is 0 Å². The van der Waals surface area contributed by atoms with Gasteiger partial charge >= 0.3 is 5.97 Å². The van der Waals surface area contributed by atoms with E-state index in [9.17, 15) is 14.0 Å². The molecule has 1 N–H and O–H groups in total. The van der Waals surface area contributed by atoms with Crippen LogP contribution in [0.15, 0.2) is 72.1 Å². The van der Waals surface area contributed by atoms with Crippen LogP contribution in [0.5, 0.6) is 0 Å². The minimum Gasteiger partial charge on any atom is -0.443 e. The van der Waals surface area contributed by atoms with Crippen LogP contribution in [-0.4, -0.2) is 18.4 Å². The van der Waals surface area contributed by atoms with Crippen molar-refractivity contribution in [1.29, 1.82) is 0 Å². The Morgan fingerprint density at radius 2 is 1.74 bits per heavy atom. The maximum absolute atomic E-state index is 14.2. The van der Waals surface area contributed by atoms with Crippen LogP contribution in [0.2, 0.25) is 0 Å². The van der Waals surface area contributed by atoms with E-state index >= 15 is 0 Å². The maximum Gasteiger partial charge on any atom is 0.349 e. The Kier molecular flexibility index (Phi) is 6.33. The Balaban J connectivity index is 1.71. The van der Waals surface area contributed by atoms with Crippen molar-refractivity contribution < 1.29 is 18.7 Å². The average Bonchev–Trinajstić information content (AvgIpc) is 3.22. The van der Waals surface area contributed by atoms with Crippen molar-refractivity contribution in [2.24, 2.45) is 0 Å². The molecule has 0 unspecified atom stereocenters. The fourth-order valence-electron chi connectivity index (χ4n) is 2.57. The van der Waals surface area contributed by atoms with E-state index in [-0.39, 0.29) is 5.56 Å². The fourth-order valence-corrected chi connectivity index (χ4v) is 3.18. The number of amides is 1. The van der Waals surface area contributed by atoms with E-state index in [1.807, 2.05) is 30.3 Å². The predicted octanol–water partition coefficient (Wildman–Crippen LogP) is 4.14. The van der Waals surface area contributed by atoms with Gasteiger partial charge in [0.1, 0.15) is 10.7 Å². The molecule has 0 aliphatic rings. The molecule has 3 rings (SSSR count). The molecular formula is C21H18FNO3S. The van der Waals surface area contributed by atoms with Crippen molar-refractivity contribution in [1.82, 2.24) is 5.32 Å². The van der Waals surface area contributed by atoms with Gasteiger partial charge in [-0.3, -0.25) is 4.79 Å². The largest absolute Gasteiger partial charge is 0.443 e. The highest BCUT2D eigenvalue weighted by molar-refractivity contribution is 7.11. The van der Waals surface area contributed by atoms with E-state index in [4.69, 9.17) is 4.74 Å². The summed E-state index contributed by atoms with van der Waals surface area (Å²) in [6.07, 6.45) is -0.730. The summed E-state index contributed by atoms with van der Waals surface area (Å²) in [6.45, 7) is 0.352. The molecular weight excluding hydrogens is 365 g/mol. The summed E-state index contributed by atoms with van der Waals surface area (Å²) < 4.78 is 19.6. The van der Waals surface area contributed by atoms with Crippen molar-refractivity contribution in [2.45, 2.75) is 12.5 Å². The van der Waals surface area contributed by atoms with E-state index in [0.717, 1.165) is 5.56 Å². The molecule has 1 amide bonds. The average molecular weight is 383 g/mol. The molecule has 2 aromatic carbocycles. The highest BCUT2D eigenvalue weighted by Crippen LogP contribution is 2.23. The summed E-state index contributed by atoms with van der Waals surface area (Å²) in [5.41, 5.74) is 1.09. The molecule has 0 saturated heterocycles. The van der Waals surface area contributed by atoms with Crippen LogP contribution in [0.4, 0.5) is 4.39 Å². The number of hydrogen-bond donors (Lipinski definition) is 1. The molecule has 0 aliphatic carbocycles. The van der Waals surface area contributed by atoms with Gasteiger partial charge in [0.05, 0.1) is 0 Å². The molecule has 0 aliphatic heterocycles. The lowest BCUT2D eigenvalue weighted by molar-refractivity contribution is -0.130. The number of esters is 1. The molecule has 138 valence electrons. The molecule has 0 spiro atoms. The smallest absolute Gasteiger partial charge is 0.349 e. The van der Waals surface area contributed by atoms with E-state index in [1.54, 1.807) is 23.6 Å². The molecule has 0 bridgehead atoms.